The first kappa shape index (κ1) is 15.1. The smallest absolute Gasteiger partial charge is 0.209 e. The molecule has 1 saturated heterocycles. The molecular weight excluding hydrogens is 308 g/mol. The Morgan fingerprint density at radius 1 is 1.00 bits per heavy atom. The van der Waals surface area contributed by atoms with E-state index in [0.29, 0.717) is 0 Å². The summed E-state index contributed by atoms with van der Waals surface area (Å²) >= 11 is 0. The number of rotatable bonds is 3. The number of hydrogen-bond donors (Lipinski definition) is 1. The van der Waals surface area contributed by atoms with E-state index >= 15 is 0 Å². The van der Waals surface area contributed by atoms with Gasteiger partial charge in [0.25, 0.3) is 0 Å². The van der Waals surface area contributed by atoms with Gasteiger partial charge in [-0.25, -0.2) is 13.1 Å². The highest BCUT2D eigenvalue weighted by Gasteiger charge is 2.39. The average Bonchev–Trinajstić information content (AvgIpc) is 2.83. The molecule has 0 unspecified atom stereocenters. The summed E-state index contributed by atoms with van der Waals surface area (Å²) in [7, 11) is -3.27. The molecule has 1 N–H and O–H groups in total. The van der Waals surface area contributed by atoms with Crippen molar-refractivity contribution >= 4 is 20.8 Å². The van der Waals surface area contributed by atoms with E-state index in [1.165, 1.54) is 41.9 Å². The van der Waals surface area contributed by atoms with Crippen LogP contribution in [-0.4, -0.2) is 32.7 Å². The van der Waals surface area contributed by atoms with Gasteiger partial charge in [0.2, 0.25) is 10.0 Å². The van der Waals surface area contributed by atoms with E-state index < -0.39 is 10.0 Å². The molecular formula is C18H22N2O2S. The molecule has 0 radical (unpaired) electrons. The highest BCUT2D eigenvalue weighted by Crippen LogP contribution is 2.47. The van der Waals surface area contributed by atoms with Gasteiger partial charge in [-0.2, -0.15) is 0 Å². The largest absolute Gasteiger partial charge is 0.294 e. The zero-order valence-electron chi connectivity index (χ0n) is 13.3. The first-order valence-electron chi connectivity index (χ1n) is 8.27. The molecule has 1 aliphatic heterocycles. The lowest BCUT2D eigenvalue weighted by Crippen LogP contribution is -2.40. The van der Waals surface area contributed by atoms with Gasteiger partial charge in [0.05, 0.1) is 18.3 Å². The molecule has 4 rings (SSSR count). The van der Waals surface area contributed by atoms with Crippen molar-refractivity contribution in [1.82, 2.24) is 9.62 Å². The third kappa shape index (κ3) is 2.67. The van der Waals surface area contributed by atoms with E-state index in [1.807, 2.05) is 6.07 Å². The second kappa shape index (κ2) is 5.58. The lowest BCUT2D eigenvalue weighted by Gasteiger charge is -2.36. The number of nitrogens with one attached hydrogen (secondary N) is 1. The van der Waals surface area contributed by atoms with Crippen molar-refractivity contribution in [2.75, 3.05) is 19.3 Å². The SMILES string of the molecule is CS(=O)(=O)N[C@@H]1c2cccc3cccc(c23)[C@H]1N1CCCCC1. The Bertz CT molecular complexity index is 836. The summed E-state index contributed by atoms with van der Waals surface area (Å²) in [6.45, 7) is 2.08. The maximum absolute atomic E-state index is 12.0. The lowest BCUT2D eigenvalue weighted by molar-refractivity contribution is 0.143. The maximum atomic E-state index is 12.0. The molecule has 2 aromatic carbocycles. The fourth-order valence-corrected chi connectivity index (χ4v) is 4.93. The molecule has 0 amide bonds. The molecule has 5 heteroatoms. The molecule has 23 heavy (non-hydrogen) atoms. The lowest BCUT2D eigenvalue weighted by atomic mass is 10.0. The summed E-state index contributed by atoms with van der Waals surface area (Å²) in [5.41, 5.74) is 2.38. The number of sulfonamides is 1. The number of likely N-dealkylation sites (tertiary alicyclic amines) is 1. The number of benzene rings is 2. The van der Waals surface area contributed by atoms with Crippen LogP contribution in [0.3, 0.4) is 0 Å². The van der Waals surface area contributed by atoms with Crippen LogP contribution in [-0.2, 0) is 10.0 Å². The fourth-order valence-electron chi connectivity index (χ4n) is 4.22. The summed E-state index contributed by atoms with van der Waals surface area (Å²) < 4.78 is 26.8. The Morgan fingerprint density at radius 3 is 2.30 bits per heavy atom. The molecule has 122 valence electrons. The maximum Gasteiger partial charge on any atom is 0.209 e. The van der Waals surface area contributed by atoms with Gasteiger partial charge in [-0.05, 0) is 47.8 Å². The topological polar surface area (TPSA) is 49.4 Å². The first-order chi connectivity index (χ1) is 11.0. The quantitative estimate of drug-likeness (QED) is 0.941. The molecule has 0 bridgehead atoms. The molecule has 2 aromatic rings. The minimum absolute atomic E-state index is 0.103. The van der Waals surface area contributed by atoms with E-state index in [0.717, 1.165) is 18.7 Å². The minimum atomic E-state index is -3.27. The summed E-state index contributed by atoms with van der Waals surface area (Å²) in [5, 5.41) is 2.42. The predicted octanol–water partition coefficient (Wildman–Crippen LogP) is 2.97. The molecule has 0 spiro atoms. The summed E-state index contributed by atoms with van der Waals surface area (Å²) in [4.78, 5) is 2.46. The van der Waals surface area contributed by atoms with Gasteiger partial charge in [0, 0.05) is 0 Å². The Labute approximate surface area is 137 Å². The van der Waals surface area contributed by atoms with Crippen LogP contribution < -0.4 is 4.72 Å². The van der Waals surface area contributed by atoms with E-state index in [2.05, 4.69) is 40.0 Å². The van der Waals surface area contributed by atoms with Crippen molar-refractivity contribution in [3.63, 3.8) is 0 Å². The highest BCUT2D eigenvalue weighted by atomic mass is 32.2. The highest BCUT2D eigenvalue weighted by molar-refractivity contribution is 7.88. The standard InChI is InChI=1S/C18H22N2O2S/c1-23(21,22)19-17-14-9-5-7-13-8-6-10-15(16(13)14)18(17)20-11-3-2-4-12-20/h5-10,17-19H,2-4,11-12H2,1H3/t17-,18-/m1/s1. The first-order valence-corrected chi connectivity index (χ1v) is 10.2. The summed E-state index contributed by atoms with van der Waals surface area (Å²) in [6, 6.07) is 12.5. The molecule has 2 atom stereocenters. The van der Waals surface area contributed by atoms with Crippen LogP contribution >= 0.6 is 0 Å². The van der Waals surface area contributed by atoms with Crippen molar-refractivity contribution in [3.8, 4) is 0 Å². The molecule has 2 aliphatic rings. The predicted molar refractivity (Wildman–Crippen MR) is 92.8 cm³/mol. The van der Waals surface area contributed by atoms with Gasteiger partial charge in [0.1, 0.15) is 0 Å². The van der Waals surface area contributed by atoms with E-state index in [-0.39, 0.29) is 12.1 Å². The van der Waals surface area contributed by atoms with Crippen molar-refractivity contribution in [3.05, 3.63) is 47.5 Å². The zero-order valence-corrected chi connectivity index (χ0v) is 14.1. The van der Waals surface area contributed by atoms with Crippen LogP contribution in [0.4, 0.5) is 0 Å². The van der Waals surface area contributed by atoms with Crippen molar-refractivity contribution in [1.29, 1.82) is 0 Å². The zero-order chi connectivity index (χ0) is 16.0. The Morgan fingerprint density at radius 2 is 1.65 bits per heavy atom. The number of piperidine rings is 1. The van der Waals surface area contributed by atoms with E-state index in [9.17, 15) is 8.42 Å². The monoisotopic (exact) mass is 330 g/mol. The molecule has 0 saturated carbocycles. The van der Waals surface area contributed by atoms with Crippen LogP contribution in [0.1, 0.15) is 42.5 Å². The Hall–Kier alpha value is -1.43. The second-order valence-electron chi connectivity index (χ2n) is 6.70. The molecule has 1 fully saturated rings. The minimum Gasteiger partial charge on any atom is -0.294 e. The normalized spacial score (nSPS) is 25.1. The van der Waals surface area contributed by atoms with Crippen LogP contribution in [0, 0.1) is 0 Å². The van der Waals surface area contributed by atoms with Crippen LogP contribution in [0.5, 0.6) is 0 Å². The summed E-state index contributed by atoms with van der Waals surface area (Å²) in [5.74, 6) is 0. The van der Waals surface area contributed by atoms with Gasteiger partial charge in [-0.1, -0.05) is 42.8 Å². The fraction of sp³-hybridized carbons (Fsp3) is 0.444. The van der Waals surface area contributed by atoms with Gasteiger partial charge in [-0.3, -0.25) is 4.90 Å². The van der Waals surface area contributed by atoms with Crippen molar-refractivity contribution in [2.45, 2.75) is 31.3 Å². The van der Waals surface area contributed by atoms with Crippen LogP contribution in [0.25, 0.3) is 10.8 Å². The van der Waals surface area contributed by atoms with Gasteiger partial charge in [0.15, 0.2) is 0 Å². The average molecular weight is 330 g/mol. The van der Waals surface area contributed by atoms with Gasteiger partial charge in [-0.15, -0.1) is 0 Å². The van der Waals surface area contributed by atoms with E-state index in [4.69, 9.17) is 0 Å². The Kier molecular flexibility index (Phi) is 3.67. The second-order valence-corrected chi connectivity index (χ2v) is 8.48. The Balaban J connectivity index is 1.87. The third-order valence-electron chi connectivity index (χ3n) is 5.06. The molecule has 1 heterocycles. The molecule has 0 aromatic heterocycles. The molecule has 4 nitrogen and oxygen atoms in total. The van der Waals surface area contributed by atoms with Crippen molar-refractivity contribution in [2.24, 2.45) is 0 Å². The van der Waals surface area contributed by atoms with Crippen molar-refractivity contribution < 1.29 is 8.42 Å². The van der Waals surface area contributed by atoms with Gasteiger partial charge >= 0.3 is 0 Å². The van der Waals surface area contributed by atoms with E-state index in [1.54, 1.807) is 0 Å². The van der Waals surface area contributed by atoms with Crippen LogP contribution in [0.2, 0.25) is 0 Å². The third-order valence-corrected chi connectivity index (χ3v) is 5.75. The summed E-state index contributed by atoms with van der Waals surface area (Å²) in [6.07, 6.45) is 4.90. The van der Waals surface area contributed by atoms with Crippen LogP contribution in [0.15, 0.2) is 36.4 Å². The number of nitrogens with zero attached hydrogens (tertiary/aromatic N) is 1. The van der Waals surface area contributed by atoms with Gasteiger partial charge < -0.3 is 0 Å². The number of hydrogen-bond acceptors (Lipinski definition) is 3. The molecule has 1 aliphatic carbocycles.